The average molecular weight is 475 g/mol. The van der Waals surface area contributed by atoms with Crippen molar-refractivity contribution in [2.75, 3.05) is 26.7 Å². The number of furan rings is 1. The number of hydrogen-bond acceptors (Lipinski definition) is 4. The molecule has 0 saturated carbocycles. The number of thiophene rings is 1. The first-order valence-electron chi connectivity index (χ1n) is 8.46. The molecular weight excluding hydrogens is 449 g/mol. The van der Waals surface area contributed by atoms with Crippen LogP contribution >= 0.6 is 35.3 Å². The Balaban J connectivity index is 0.00000225. The number of halogens is 1. The Labute approximate surface area is 170 Å². The summed E-state index contributed by atoms with van der Waals surface area (Å²) in [6.07, 6.45) is 5.08. The number of aliphatic imine (C=N–C) groups is 1. The Kier molecular flexibility index (Phi) is 8.77. The lowest BCUT2D eigenvalue weighted by molar-refractivity contribution is 0.117. The number of guanidine groups is 1. The molecular formula is C18H26IN3O2S. The molecule has 0 aliphatic carbocycles. The molecule has 0 radical (unpaired) electrons. The summed E-state index contributed by atoms with van der Waals surface area (Å²) in [6.45, 7) is 3.23. The van der Waals surface area contributed by atoms with Crippen molar-refractivity contribution >= 4 is 41.3 Å². The topological polar surface area (TPSA) is 50.0 Å². The van der Waals surface area contributed by atoms with Gasteiger partial charge in [-0.15, -0.1) is 24.0 Å². The highest BCUT2D eigenvalue weighted by atomic mass is 127. The summed E-state index contributed by atoms with van der Waals surface area (Å²) >= 11 is 1.72. The van der Waals surface area contributed by atoms with Gasteiger partial charge in [-0.05, 0) is 47.4 Å². The van der Waals surface area contributed by atoms with Gasteiger partial charge in [-0.1, -0.05) is 0 Å². The Morgan fingerprint density at radius 3 is 3.04 bits per heavy atom. The van der Waals surface area contributed by atoms with E-state index in [0.29, 0.717) is 0 Å². The number of nitrogens with zero attached hydrogens (tertiary/aromatic N) is 2. The second kappa shape index (κ2) is 10.8. The first kappa shape index (κ1) is 20.3. The molecule has 1 N–H and O–H groups in total. The molecule has 0 spiro atoms. The number of ether oxygens (including phenoxy) is 1. The minimum atomic E-state index is 0. The van der Waals surface area contributed by atoms with Crippen LogP contribution in [0.3, 0.4) is 0 Å². The highest BCUT2D eigenvalue weighted by Crippen LogP contribution is 2.13. The van der Waals surface area contributed by atoms with Gasteiger partial charge < -0.3 is 19.4 Å². The highest BCUT2D eigenvalue weighted by molar-refractivity contribution is 14.0. The van der Waals surface area contributed by atoms with Crippen molar-refractivity contribution in [2.24, 2.45) is 4.99 Å². The van der Waals surface area contributed by atoms with Crippen molar-refractivity contribution in [3.8, 4) is 0 Å². The Morgan fingerprint density at radius 1 is 1.44 bits per heavy atom. The average Bonchev–Trinajstić information content (AvgIpc) is 3.32. The summed E-state index contributed by atoms with van der Waals surface area (Å²) in [4.78, 5) is 6.95. The van der Waals surface area contributed by atoms with Gasteiger partial charge in [0.05, 0.1) is 18.9 Å². The fraction of sp³-hybridized carbons (Fsp3) is 0.500. The Bertz CT molecular complexity index is 610. The maximum Gasteiger partial charge on any atom is 0.194 e. The molecule has 1 unspecified atom stereocenters. The van der Waals surface area contributed by atoms with Crippen molar-refractivity contribution in [1.82, 2.24) is 10.2 Å². The van der Waals surface area contributed by atoms with Crippen LogP contribution in [0.1, 0.15) is 24.2 Å². The van der Waals surface area contributed by atoms with Gasteiger partial charge in [-0.2, -0.15) is 11.3 Å². The van der Waals surface area contributed by atoms with Crippen LogP contribution in [0.15, 0.2) is 44.6 Å². The van der Waals surface area contributed by atoms with Gasteiger partial charge in [0.2, 0.25) is 0 Å². The third-order valence-corrected chi connectivity index (χ3v) is 4.80. The van der Waals surface area contributed by atoms with Crippen LogP contribution < -0.4 is 5.32 Å². The molecule has 3 heterocycles. The van der Waals surface area contributed by atoms with Crippen LogP contribution in [0.2, 0.25) is 0 Å². The summed E-state index contributed by atoms with van der Waals surface area (Å²) in [5.41, 5.74) is 1.31. The molecule has 1 fully saturated rings. The number of hydrogen-bond donors (Lipinski definition) is 1. The fourth-order valence-corrected chi connectivity index (χ4v) is 3.43. The quantitative estimate of drug-likeness (QED) is 0.377. The Morgan fingerprint density at radius 2 is 2.36 bits per heavy atom. The van der Waals surface area contributed by atoms with Crippen LogP contribution in [0.4, 0.5) is 0 Å². The van der Waals surface area contributed by atoms with Gasteiger partial charge in [0.25, 0.3) is 0 Å². The predicted octanol–water partition coefficient (Wildman–Crippen LogP) is 3.76. The fourth-order valence-electron chi connectivity index (χ4n) is 2.77. The van der Waals surface area contributed by atoms with Gasteiger partial charge in [-0.25, -0.2) is 0 Å². The zero-order chi connectivity index (χ0) is 16.6. The first-order chi connectivity index (χ1) is 11.8. The van der Waals surface area contributed by atoms with Crippen LogP contribution in [-0.2, 0) is 17.7 Å². The predicted molar refractivity (Wildman–Crippen MR) is 113 cm³/mol. The molecule has 1 atom stereocenters. The third-order valence-electron chi connectivity index (χ3n) is 4.06. The van der Waals surface area contributed by atoms with Crippen molar-refractivity contribution in [3.63, 3.8) is 0 Å². The molecule has 2 aromatic rings. The molecule has 138 valence electrons. The smallest absolute Gasteiger partial charge is 0.194 e. The van der Waals surface area contributed by atoms with E-state index in [4.69, 9.17) is 14.1 Å². The van der Waals surface area contributed by atoms with E-state index in [2.05, 4.69) is 34.1 Å². The molecule has 1 aliphatic heterocycles. The van der Waals surface area contributed by atoms with Crippen LogP contribution in [-0.4, -0.2) is 43.7 Å². The second-order valence-corrected chi connectivity index (χ2v) is 6.82. The molecule has 25 heavy (non-hydrogen) atoms. The van der Waals surface area contributed by atoms with E-state index in [9.17, 15) is 0 Å². The Hall–Kier alpha value is -1.06. The largest absolute Gasteiger partial charge is 0.469 e. The molecule has 2 aromatic heterocycles. The molecule has 0 amide bonds. The third kappa shape index (κ3) is 6.63. The lowest BCUT2D eigenvalue weighted by Gasteiger charge is -2.22. The standard InChI is InChI=1S/C18H25N3O2S.HI/c1-21(13-15-7-11-24-14-15)18(20-12-17-5-3-10-23-17)19-8-6-16-4-2-9-22-16;/h2,4,7,9,11,14,17H,3,5-6,8,10,12-13H2,1H3,(H,19,20);1H. The normalized spacial score (nSPS) is 17.3. The van der Waals surface area contributed by atoms with Crippen molar-refractivity contribution in [2.45, 2.75) is 31.9 Å². The van der Waals surface area contributed by atoms with Crippen molar-refractivity contribution in [1.29, 1.82) is 0 Å². The van der Waals surface area contributed by atoms with Gasteiger partial charge in [-0.3, -0.25) is 4.99 Å². The van der Waals surface area contributed by atoms with E-state index >= 15 is 0 Å². The van der Waals surface area contributed by atoms with E-state index in [0.717, 1.165) is 57.2 Å². The molecule has 1 aliphatic rings. The van der Waals surface area contributed by atoms with E-state index in [1.165, 1.54) is 5.56 Å². The molecule has 7 heteroatoms. The summed E-state index contributed by atoms with van der Waals surface area (Å²) in [6, 6.07) is 6.08. The molecule has 1 saturated heterocycles. The summed E-state index contributed by atoms with van der Waals surface area (Å²) in [5, 5.41) is 7.74. The lowest BCUT2D eigenvalue weighted by atomic mass is 10.2. The molecule has 0 bridgehead atoms. The zero-order valence-electron chi connectivity index (χ0n) is 14.5. The first-order valence-corrected chi connectivity index (χ1v) is 9.40. The van der Waals surface area contributed by atoms with Gasteiger partial charge >= 0.3 is 0 Å². The van der Waals surface area contributed by atoms with E-state index in [1.54, 1.807) is 17.6 Å². The minimum Gasteiger partial charge on any atom is -0.469 e. The second-order valence-electron chi connectivity index (χ2n) is 6.04. The minimum absolute atomic E-state index is 0. The van der Waals surface area contributed by atoms with Gasteiger partial charge in [0.1, 0.15) is 5.76 Å². The van der Waals surface area contributed by atoms with Crippen LogP contribution in [0.5, 0.6) is 0 Å². The van der Waals surface area contributed by atoms with Gasteiger partial charge in [0, 0.05) is 33.2 Å². The number of nitrogens with one attached hydrogen (secondary N) is 1. The highest BCUT2D eigenvalue weighted by Gasteiger charge is 2.16. The lowest BCUT2D eigenvalue weighted by Crippen LogP contribution is -2.40. The van der Waals surface area contributed by atoms with Crippen LogP contribution in [0.25, 0.3) is 0 Å². The molecule has 0 aromatic carbocycles. The number of rotatable bonds is 7. The van der Waals surface area contributed by atoms with E-state index < -0.39 is 0 Å². The van der Waals surface area contributed by atoms with E-state index in [-0.39, 0.29) is 30.1 Å². The summed E-state index contributed by atoms with van der Waals surface area (Å²) < 4.78 is 11.1. The molecule has 3 rings (SSSR count). The SMILES string of the molecule is CN(Cc1ccsc1)C(=NCC1CCCO1)NCCc1ccco1.I. The maximum atomic E-state index is 5.69. The van der Waals surface area contributed by atoms with Crippen molar-refractivity contribution < 1.29 is 9.15 Å². The van der Waals surface area contributed by atoms with Crippen molar-refractivity contribution in [3.05, 3.63) is 46.5 Å². The zero-order valence-corrected chi connectivity index (χ0v) is 17.7. The summed E-state index contributed by atoms with van der Waals surface area (Å²) in [7, 11) is 2.08. The van der Waals surface area contributed by atoms with Crippen LogP contribution in [0, 0.1) is 0 Å². The summed E-state index contributed by atoms with van der Waals surface area (Å²) in [5.74, 6) is 1.91. The monoisotopic (exact) mass is 475 g/mol. The van der Waals surface area contributed by atoms with E-state index in [1.807, 2.05) is 12.1 Å². The molecule has 5 nitrogen and oxygen atoms in total. The van der Waals surface area contributed by atoms with Gasteiger partial charge in [0.15, 0.2) is 5.96 Å². The maximum absolute atomic E-state index is 5.69.